The summed E-state index contributed by atoms with van der Waals surface area (Å²) in [7, 11) is -0.360. The van der Waals surface area contributed by atoms with Gasteiger partial charge in [0, 0.05) is 13.1 Å². The Morgan fingerprint density at radius 2 is 1.60 bits per heavy atom. The van der Waals surface area contributed by atoms with Crippen LogP contribution in [0, 0.1) is 0 Å². The van der Waals surface area contributed by atoms with Gasteiger partial charge in [-0.2, -0.15) is 4.31 Å². The Kier molecular flexibility index (Phi) is 7.17. The molecule has 1 aliphatic heterocycles. The number of ether oxygens (including phenoxy) is 3. The van der Waals surface area contributed by atoms with Crippen LogP contribution < -0.4 is 19.5 Å². The summed E-state index contributed by atoms with van der Waals surface area (Å²) in [6.45, 7) is 1.13. The summed E-state index contributed by atoms with van der Waals surface area (Å²) in [6.07, 6.45) is 1.77. The predicted octanol–water partition coefficient (Wildman–Crippen LogP) is 2.18. The van der Waals surface area contributed by atoms with Crippen LogP contribution in [0.2, 0.25) is 0 Å². The quantitative estimate of drug-likeness (QED) is 0.650. The van der Waals surface area contributed by atoms with Crippen LogP contribution in [0.5, 0.6) is 17.2 Å². The van der Waals surface area contributed by atoms with E-state index in [0.29, 0.717) is 30.3 Å². The van der Waals surface area contributed by atoms with Crippen LogP contribution in [0.15, 0.2) is 47.4 Å². The lowest BCUT2D eigenvalue weighted by atomic mass is 10.1. The van der Waals surface area contributed by atoms with E-state index in [2.05, 4.69) is 5.32 Å². The number of methoxy groups -OCH3 is 2. The SMILES string of the molecule is COc1cccc(OC)c1CNC(=O)COc1ccc(S(=O)(=O)N2CCCC2)cc1. The van der Waals surface area contributed by atoms with Gasteiger partial charge in [-0.3, -0.25) is 4.79 Å². The number of carbonyl (C=O) groups excluding carboxylic acids is 1. The fraction of sp³-hybridized carbons (Fsp3) is 0.381. The maximum Gasteiger partial charge on any atom is 0.258 e. The highest BCUT2D eigenvalue weighted by Gasteiger charge is 2.27. The summed E-state index contributed by atoms with van der Waals surface area (Å²) >= 11 is 0. The molecule has 0 saturated carbocycles. The first kappa shape index (κ1) is 21.9. The molecule has 0 bridgehead atoms. The van der Waals surface area contributed by atoms with E-state index in [4.69, 9.17) is 14.2 Å². The third-order valence-corrected chi connectivity index (χ3v) is 6.80. The number of sulfonamides is 1. The van der Waals surface area contributed by atoms with Crippen LogP contribution >= 0.6 is 0 Å². The van der Waals surface area contributed by atoms with Crippen LogP contribution in [-0.2, 0) is 21.4 Å². The van der Waals surface area contributed by atoms with Crippen molar-refractivity contribution in [2.75, 3.05) is 33.9 Å². The van der Waals surface area contributed by atoms with Gasteiger partial charge in [0.25, 0.3) is 5.91 Å². The fourth-order valence-electron chi connectivity index (χ4n) is 3.27. The van der Waals surface area contributed by atoms with Crippen molar-refractivity contribution in [2.24, 2.45) is 0 Å². The van der Waals surface area contributed by atoms with Gasteiger partial charge in [0.05, 0.1) is 31.2 Å². The minimum absolute atomic E-state index is 0.199. The van der Waals surface area contributed by atoms with E-state index in [9.17, 15) is 13.2 Å². The van der Waals surface area contributed by atoms with Gasteiger partial charge in [-0.1, -0.05) is 6.07 Å². The minimum atomic E-state index is -3.46. The highest BCUT2D eigenvalue weighted by Crippen LogP contribution is 2.28. The van der Waals surface area contributed by atoms with Crippen molar-refractivity contribution in [1.82, 2.24) is 9.62 Å². The molecule has 1 fully saturated rings. The van der Waals surface area contributed by atoms with Gasteiger partial charge in [-0.05, 0) is 49.2 Å². The van der Waals surface area contributed by atoms with Gasteiger partial charge in [-0.25, -0.2) is 8.42 Å². The summed E-state index contributed by atoms with van der Waals surface area (Å²) in [5, 5.41) is 2.76. The number of carbonyl (C=O) groups is 1. The fourth-order valence-corrected chi connectivity index (χ4v) is 4.79. The van der Waals surface area contributed by atoms with Gasteiger partial charge in [0.2, 0.25) is 10.0 Å². The van der Waals surface area contributed by atoms with Crippen molar-refractivity contribution in [3.8, 4) is 17.2 Å². The standard InChI is InChI=1S/C21H26N2O6S/c1-27-19-6-5-7-20(28-2)18(19)14-22-21(24)15-29-16-8-10-17(11-9-16)30(25,26)23-12-3-4-13-23/h5-11H,3-4,12-15H2,1-2H3,(H,22,24). The largest absolute Gasteiger partial charge is 0.496 e. The summed E-state index contributed by atoms with van der Waals surface area (Å²) in [5.74, 6) is 1.33. The minimum Gasteiger partial charge on any atom is -0.496 e. The van der Waals surface area contributed by atoms with E-state index in [0.717, 1.165) is 18.4 Å². The lowest BCUT2D eigenvalue weighted by Crippen LogP contribution is -2.29. The molecule has 2 aromatic carbocycles. The Morgan fingerprint density at radius 1 is 1.00 bits per heavy atom. The zero-order valence-corrected chi connectivity index (χ0v) is 17.9. The van der Waals surface area contributed by atoms with Crippen LogP contribution in [0.4, 0.5) is 0 Å². The molecule has 1 saturated heterocycles. The topological polar surface area (TPSA) is 94.2 Å². The van der Waals surface area contributed by atoms with E-state index < -0.39 is 10.0 Å². The molecule has 0 radical (unpaired) electrons. The average Bonchev–Trinajstić information content (AvgIpc) is 3.32. The first-order chi connectivity index (χ1) is 14.5. The molecule has 0 aliphatic carbocycles. The molecule has 9 heteroatoms. The first-order valence-electron chi connectivity index (χ1n) is 9.65. The molecule has 0 unspecified atom stereocenters. The van der Waals surface area contributed by atoms with Crippen molar-refractivity contribution >= 4 is 15.9 Å². The summed E-state index contributed by atoms with van der Waals surface area (Å²) in [6, 6.07) is 11.5. The molecular formula is C21H26N2O6S. The summed E-state index contributed by atoms with van der Waals surface area (Å²) in [4.78, 5) is 12.4. The number of hydrogen-bond acceptors (Lipinski definition) is 6. The van der Waals surface area contributed by atoms with E-state index in [1.165, 1.54) is 16.4 Å². The molecule has 0 spiro atoms. The van der Waals surface area contributed by atoms with Crippen LogP contribution in [0.1, 0.15) is 18.4 Å². The molecule has 0 atom stereocenters. The van der Waals surface area contributed by atoms with Gasteiger partial charge in [0.15, 0.2) is 6.61 Å². The van der Waals surface area contributed by atoms with Gasteiger partial charge in [-0.15, -0.1) is 0 Å². The third kappa shape index (κ3) is 5.03. The second-order valence-electron chi connectivity index (χ2n) is 6.79. The summed E-state index contributed by atoms with van der Waals surface area (Å²) < 4.78 is 42.7. The Labute approximate surface area is 176 Å². The summed E-state index contributed by atoms with van der Waals surface area (Å²) in [5.41, 5.74) is 0.729. The second kappa shape index (κ2) is 9.82. The first-order valence-corrected chi connectivity index (χ1v) is 11.1. The van der Waals surface area contributed by atoms with E-state index in [-0.39, 0.29) is 24.0 Å². The molecule has 2 aromatic rings. The second-order valence-corrected chi connectivity index (χ2v) is 8.73. The maximum atomic E-state index is 12.5. The molecule has 1 heterocycles. The van der Waals surface area contributed by atoms with Crippen molar-refractivity contribution in [3.63, 3.8) is 0 Å². The number of amides is 1. The van der Waals surface area contributed by atoms with Crippen LogP contribution in [0.3, 0.4) is 0 Å². The van der Waals surface area contributed by atoms with E-state index >= 15 is 0 Å². The zero-order valence-electron chi connectivity index (χ0n) is 17.1. The lowest BCUT2D eigenvalue weighted by molar-refractivity contribution is -0.123. The predicted molar refractivity (Wildman–Crippen MR) is 111 cm³/mol. The Bertz CT molecular complexity index is 947. The number of hydrogen-bond donors (Lipinski definition) is 1. The van der Waals surface area contributed by atoms with Crippen molar-refractivity contribution in [2.45, 2.75) is 24.3 Å². The Balaban J connectivity index is 1.54. The van der Waals surface area contributed by atoms with Crippen molar-refractivity contribution in [1.29, 1.82) is 0 Å². The molecule has 162 valence electrons. The molecule has 3 rings (SSSR count). The molecular weight excluding hydrogens is 408 g/mol. The third-order valence-electron chi connectivity index (χ3n) is 4.89. The molecule has 1 aliphatic rings. The molecule has 0 aromatic heterocycles. The number of nitrogens with one attached hydrogen (secondary N) is 1. The normalized spacial score (nSPS) is 14.3. The highest BCUT2D eigenvalue weighted by atomic mass is 32.2. The van der Waals surface area contributed by atoms with Crippen molar-refractivity contribution < 1.29 is 27.4 Å². The number of benzene rings is 2. The Morgan fingerprint density at radius 3 is 2.17 bits per heavy atom. The van der Waals surface area contributed by atoms with Gasteiger partial charge >= 0.3 is 0 Å². The maximum absolute atomic E-state index is 12.5. The molecule has 1 N–H and O–H groups in total. The van der Waals surface area contributed by atoms with Gasteiger partial charge < -0.3 is 19.5 Å². The van der Waals surface area contributed by atoms with Crippen LogP contribution in [0.25, 0.3) is 0 Å². The number of nitrogens with zero attached hydrogens (tertiary/aromatic N) is 1. The molecule has 8 nitrogen and oxygen atoms in total. The lowest BCUT2D eigenvalue weighted by Gasteiger charge is -2.16. The highest BCUT2D eigenvalue weighted by molar-refractivity contribution is 7.89. The van der Waals surface area contributed by atoms with Crippen molar-refractivity contribution in [3.05, 3.63) is 48.0 Å². The van der Waals surface area contributed by atoms with E-state index in [1.54, 1.807) is 44.6 Å². The molecule has 1 amide bonds. The zero-order chi connectivity index (χ0) is 21.6. The monoisotopic (exact) mass is 434 g/mol. The van der Waals surface area contributed by atoms with E-state index in [1.807, 2.05) is 0 Å². The van der Waals surface area contributed by atoms with Gasteiger partial charge in [0.1, 0.15) is 17.2 Å². The number of rotatable bonds is 9. The smallest absolute Gasteiger partial charge is 0.258 e. The Hall–Kier alpha value is -2.78. The average molecular weight is 435 g/mol. The van der Waals surface area contributed by atoms with Crippen LogP contribution in [-0.4, -0.2) is 52.5 Å². The molecule has 30 heavy (non-hydrogen) atoms.